The number of piperidine rings is 1. The first-order valence-electron chi connectivity index (χ1n) is 7.12. The van der Waals surface area contributed by atoms with Crippen LogP contribution in [0.1, 0.15) is 25.7 Å². The SMILES string of the molecule is Cl.O=C(CCCOc1cccc(Br)c1)NC1CCCNC1. The summed E-state index contributed by atoms with van der Waals surface area (Å²) in [5, 5.41) is 6.35. The van der Waals surface area contributed by atoms with Crippen molar-refractivity contribution in [2.45, 2.75) is 31.7 Å². The predicted octanol–water partition coefficient (Wildman–Crippen LogP) is 2.90. The van der Waals surface area contributed by atoms with Gasteiger partial charge in [-0.1, -0.05) is 22.0 Å². The maximum atomic E-state index is 11.8. The minimum absolute atomic E-state index is 0. The van der Waals surface area contributed by atoms with Crippen LogP contribution >= 0.6 is 28.3 Å². The van der Waals surface area contributed by atoms with Crippen molar-refractivity contribution in [3.8, 4) is 5.75 Å². The van der Waals surface area contributed by atoms with Gasteiger partial charge >= 0.3 is 0 Å². The lowest BCUT2D eigenvalue weighted by molar-refractivity contribution is -0.122. The number of benzene rings is 1. The molecular formula is C15H22BrClN2O2. The third-order valence-corrected chi connectivity index (χ3v) is 3.77. The van der Waals surface area contributed by atoms with E-state index >= 15 is 0 Å². The van der Waals surface area contributed by atoms with Gasteiger partial charge in [-0.25, -0.2) is 0 Å². The molecule has 1 unspecified atom stereocenters. The number of hydrogen-bond acceptors (Lipinski definition) is 3. The first-order chi connectivity index (χ1) is 9.74. The Balaban J connectivity index is 0.00000220. The highest BCUT2D eigenvalue weighted by molar-refractivity contribution is 9.10. The fourth-order valence-corrected chi connectivity index (χ4v) is 2.63. The molecule has 0 aliphatic carbocycles. The summed E-state index contributed by atoms with van der Waals surface area (Å²) in [5.41, 5.74) is 0. The van der Waals surface area contributed by atoms with Gasteiger partial charge in [-0.3, -0.25) is 4.79 Å². The Morgan fingerprint density at radius 2 is 2.33 bits per heavy atom. The topological polar surface area (TPSA) is 50.4 Å². The first-order valence-corrected chi connectivity index (χ1v) is 7.92. The van der Waals surface area contributed by atoms with E-state index in [1.54, 1.807) is 0 Å². The molecule has 1 heterocycles. The number of halogens is 2. The molecule has 1 aromatic rings. The van der Waals surface area contributed by atoms with Crippen LogP contribution < -0.4 is 15.4 Å². The molecule has 0 bridgehead atoms. The van der Waals surface area contributed by atoms with Crippen LogP contribution in [0.2, 0.25) is 0 Å². The second kappa shape index (κ2) is 10.0. The highest BCUT2D eigenvalue weighted by Gasteiger charge is 2.14. The number of amides is 1. The van der Waals surface area contributed by atoms with Crippen molar-refractivity contribution in [3.63, 3.8) is 0 Å². The summed E-state index contributed by atoms with van der Waals surface area (Å²) >= 11 is 3.40. The molecule has 1 saturated heterocycles. The van der Waals surface area contributed by atoms with E-state index in [2.05, 4.69) is 26.6 Å². The Kier molecular flexibility index (Phi) is 8.73. The molecule has 2 N–H and O–H groups in total. The van der Waals surface area contributed by atoms with Gasteiger partial charge in [-0.2, -0.15) is 0 Å². The number of carbonyl (C=O) groups excluding carboxylic acids is 1. The van der Waals surface area contributed by atoms with Crippen molar-refractivity contribution in [1.82, 2.24) is 10.6 Å². The summed E-state index contributed by atoms with van der Waals surface area (Å²) < 4.78 is 6.60. The number of nitrogens with one attached hydrogen (secondary N) is 2. The van der Waals surface area contributed by atoms with Gasteiger partial charge in [-0.05, 0) is 44.0 Å². The van der Waals surface area contributed by atoms with E-state index in [9.17, 15) is 4.79 Å². The minimum atomic E-state index is 0. The van der Waals surface area contributed by atoms with E-state index in [0.717, 1.165) is 42.6 Å². The van der Waals surface area contributed by atoms with Crippen molar-refractivity contribution in [1.29, 1.82) is 0 Å². The van der Waals surface area contributed by atoms with Crippen LogP contribution in [0.3, 0.4) is 0 Å². The molecule has 1 aliphatic heterocycles. The Bertz CT molecular complexity index is 439. The zero-order valence-electron chi connectivity index (χ0n) is 11.9. The van der Waals surface area contributed by atoms with Gasteiger partial charge in [0.15, 0.2) is 0 Å². The van der Waals surface area contributed by atoms with Crippen molar-refractivity contribution in [2.24, 2.45) is 0 Å². The Hall–Kier alpha value is -0.780. The van der Waals surface area contributed by atoms with E-state index in [0.29, 0.717) is 19.1 Å². The van der Waals surface area contributed by atoms with E-state index in [1.165, 1.54) is 0 Å². The quantitative estimate of drug-likeness (QED) is 0.750. The molecule has 4 nitrogen and oxygen atoms in total. The third kappa shape index (κ3) is 7.16. The highest BCUT2D eigenvalue weighted by Crippen LogP contribution is 2.17. The van der Waals surface area contributed by atoms with Gasteiger partial charge < -0.3 is 15.4 Å². The lowest BCUT2D eigenvalue weighted by Crippen LogP contribution is -2.45. The van der Waals surface area contributed by atoms with Crippen LogP contribution in [0.25, 0.3) is 0 Å². The van der Waals surface area contributed by atoms with Crippen molar-refractivity contribution < 1.29 is 9.53 Å². The second-order valence-corrected chi connectivity index (χ2v) is 5.94. The zero-order chi connectivity index (χ0) is 14.2. The maximum Gasteiger partial charge on any atom is 0.220 e. The van der Waals surface area contributed by atoms with Gasteiger partial charge in [0.25, 0.3) is 0 Å². The number of ether oxygens (including phenoxy) is 1. The van der Waals surface area contributed by atoms with Crippen molar-refractivity contribution >= 4 is 34.2 Å². The molecule has 0 radical (unpaired) electrons. The second-order valence-electron chi connectivity index (χ2n) is 5.02. The van der Waals surface area contributed by atoms with E-state index < -0.39 is 0 Å². The van der Waals surface area contributed by atoms with Crippen LogP contribution in [0.4, 0.5) is 0 Å². The summed E-state index contributed by atoms with van der Waals surface area (Å²) in [7, 11) is 0. The molecule has 1 amide bonds. The summed E-state index contributed by atoms with van der Waals surface area (Å²) in [6, 6.07) is 8.02. The molecule has 1 aliphatic rings. The monoisotopic (exact) mass is 376 g/mol. The molecule has 2 rings (SSSR count). The van der Waals surface area contributed by atoms with Gasteiger partial charge in [0, 0.05) is 23.5 Å². The minimum Gasteiger partial charge on any atom is -0.494 e. The van der Waals surface area contributed by atoms with Crippen molar-refractivity contribution in [2.75, 3.05) is 19.7 Å². The zero-order valence-corrected chi connectivity index (χ0v) is 14.3. The molecule has 1 fully saturated rings. The summed E-state index contributed by atoms with van der Waals surface area (Å²) in [5.74, 6) is 0.952. The average molecular weight is 378 g/mol. The number of rotatable bonds is 6. The average Bonchev–Trinajstić information content (AvgIpc) is 2.45. The lowest BCUT2D eigenvalue weighted by atomic mass is 10.1. The van der Waals surface area contributed by atoms with Crippen LogP contribution in [0.15, 0.2) is 28.7 Å². The van der Waals surface area contributed by atoms with Gasteiger partial charge in [-0.15, -0.1) is 12.4 Å². The molecule has 1 aromatic carbocycles. The fourth-order valence-electron chi connectivity index (χ4n) is 2.25. The first kappa shape index (κ1) is 18.3. The molecule has 1 atom stereocenters. The van der Waals surface area contributed by atoms with Crippen LogP contribution in [-0.2, 0) is 4.79 Å². The van der Waals surface area contributed by atoms with E-state index in [-0.39, 0.29) is 18.3 Å². The molecule has 0 saturated carbocycles. The Morgan fingerprint density at radius 3 is 3.05 bits per heavy atom. The highest BCUT2D eigenvalue weighted by atomic mass is 79.9. The van der Waals surface area contributed by atoms with Gasteiger partial charge in [0.05, 0.1) is 6.61 Å². The van der Waals surface area contributed by atoms with E-state index in [1.807, 2.05) is 24.3 Å². The predicted molar refractivity (Wildman–Crippen MR) is 90.2 cm³/mol. The van der Waals surface area contributed by atoms with E-state index in [4.69, 9.17) is 4.74 Å². The van der Waals surface area contributed by atoms with Gasteiger partial charge in [0.1, 0.15) is 5.75 Å². The fraction of sp³-hybridized carbons (Fsp3) is 0.533. The number of hydrogen-bond donors (Lipinski definition) is 2. The standard InChI is InChI=1S/C15H21BrN2O2.ClH/c16-12-4-1-6-14(10-12)20-9-3-7-15(19)18-13-5-2-8-17-11-13;/h1,4,6,10,13,17H,2-3,5,7-9,11H2,(H,18,19);1H. The summed E-state index contributed by atoms with van der Waals surface area (Å²) in [6.07, 6.45) is 3.47. The molecular weight excluding hydrogens is 356 g/mol. The lowest BCUT2D eigenvalue weighted by Gasteiger charge is -2.23. The molecule has 0 spiro atoms. The maximum absolute atomic E-state index is 11.8. The van der Waals surface area contributed by atoms with Gasteiger partial charge in [0.2, 0.25) is 5.91 Å². The van der Waals surface area contributed by atoms with Crippen molar-refractivity contribution in [3.05, 3.63) is 28.7 Å². The summed E-state index contributed by atoms with van der Waals surface area (Å²) in [4.78, 5) is 11.8. The normalized spacial score (nSPS) is 17.7. The smallest absolute Gasteiger partial charge is 0.220 e. The molecule has 21 heavy (non-hydrogen) atoms. The Morgan fingerprint density at radius 1 is 1.48 bits per heavy atom. The molecule has 118 valence electrons. The summed E-state index contributed by atoms with van der Waals surface area (Å²) in [6.45, 7) is 2.51. The largest absolute Gasteiger partial charge is 0.494 e. The molecule has 0 aromatic heterocycles. The van der Waals surface area contributed by atoms with Crippen LogP contribution in [0, 0.1) is 0 Å². The molecule has 6 heteroatoms. The Labute approximate surface area is 140 Å². The van der Waals surface area contributed by atoms with Crippen LogP contribution in [0.5, 0.6) is 5.75 Å². The third-order valence-electron chi connectivity index (χ3n) is 3.27. The number of carbonyl (C=O) groups is 1. The van der Waals surface area contributed by atoms with Crippen LogP contribution in [-0.4, -0.2) is 31.6 Å².